The number of ketones is 1. The first-order valence-electron chi connectivity index (χ1n) is 15.4. The Hall–Kier alpha value is -4.73. The Morgan fingerprint density at radius 1 is 0.766 bits per heavy atom. The zero-order valence-electron chi connectivity index (χ0n) is 25.9. The summed E-state index contributed by atoms with van der Waals surface area (Å²) in [7, 11) is 0. The average Bonchev–Trinajstić information content (AvgIpc) is 3.11. The summed E-state index contributed by atoms with van der Waals surface area (Å²) >= 11 is 1.64. The molecule has 4 atom stereocenters. The minimum Gasteiger partial charge on any atom is -0.398 e. The number of benzene rings is 5. The summed E-state index contributed by atoms with van der Waals surface area (Å²) in [5.41, 5.74) is 12.1. The first-order valence-corrected chi connectivity index (χ1v) is 16.4. The van der Waals surface area contributed by atoms with Gasteiger partial charge in [0.2, 0.25) is 0 Å². The van der Waals surface area contributed by atoms with Crippen molar-refractivity contribution in [2.24, 2.45) is 0 Å². The van der Waals surface area contributed by atoms with E-state index in [1.54, 1.807) is 48.2 Å². The molecule has 47 heavy (non-hydrogen) atoms. The maximum atomic E-state index is 13.4. The summed E-state index contributed by atoms with van der Waals surface area (Å²) in [5, 5.41) is 12.6. The molecule has 1 heterocycles. The van der Waals surface area contributed by atoms with Gasteiger partial charge in [-0.3, -0.25) is 9.59 Å². The van der Waals surface area contributed by atoms with Gasteiger partial charge in [-0.15, -0.1) is 11.8 Å². The third-order valence-corrected chi connectivity index (χ3v) is 9.42. The molecule has 1 aliphatic rings. The van der Waals surface area contributed by atoms with Gasteiger partial charge in [0.15, 0.2) is 12.1 Å². The number of aliphatic hydroxyl groups excluding tert-OH is 1. The van der Waals surface area contributed by atoms with Crippen LogP contribution < -0.4 is 11.1 Å². The predicted molar refractivity (Wildman–Crippen MR) is 185 cm³/mol. The first-order chi connectivity index (χ1) is 22.9. The molecule has 0 aliphatic carbocycles. The number of hydrogen-bond donors (Lipinski definition) is 3. The fourth-order valence-corrected chi connectivity index (χ4v) is 6.82. The average molecular weight is 645 g/mol. The Bertz CT molecular complexity index is 1850. The van der Waals surface area contributed by atoms with Gasteiger partial charge in [-0.2, -0.15) is 0 Å². The molecule has 1 aliphatic heterocycles. The number of carbonyl (C=O) groups excluding carboxylic acids is 2. The highest BCUT2D eigenvalue weighted by molar-refractivity contribution is 7.99. The zero-order chi connectivity index (χ0) is 32.8. The number of rotatable bonds is 10. The van der Waals surface area contributed by atoms with Crippen LogP contribution in [0.1, 0.15) is 68.2 Å². The smallest absolute Gasteiger partial charge is 0.255 e. The highest BCUT2D eigenvalue weighted by Crippen LogP contribution is 2.48. The largest absolute Gasteiger partial charge is 0.398 e. The summed E-state index contributed by atoms with van der Waals surface area (Å²) < 4.78 is 13.6. The molecule has 0 bridgehead atoms. The van der Waals surface area contributed by atoms with Gasteiger partial charge in [0, 0.05) is 44.6 Å². The van der Waals surface area contributed by atoms with Gasteiger partial charge >= 0.3 is 0 Å². The maximum absolute atomic E-state index is 13.4. The Kier molecular flexibility index (Phi) is 10.1. The number of ether oxygens (including phenoxy) is 2. The number of thioether (sulfide) groups is 1. The number of amides is 1. The molecule has 5 aromatic carbocycles. The number of Topliss-reactive ketones (excluding diaryl/α,β-unsaturated/α-hetero) is 1. The summed E-state index contributed by atoms with van der Waals surface area (Å²) in [6, 6.07) is 39.9. The van der Waals surface area contributed by atoms with Gasteiger partial charge in [0.1, 0.15) is 0 Å². The standard InChI is InChI=1S/C39H36N2O5S/c1-25(43)29-11-8-14-32(22-29)41-38(44)30-12-7-13-31(21-30)39-45-34(24-47-35-16-6-5-15-33(35)40)36(27-9-3-2-4-10-27)37(46-39)28-19-17-26(23-42)18-20-28/h2-22,34,36-37,39,42H,23-24,40H2,1H3,(H,41,44). The van der Waals surface area contributed by atoms with Crippen LogP contribution in [-0.4, -0.2) is 28.7 Å². The van der Waals surface area contributed by atoms with Crippen molar-refractivity contribution in [2.75, 3.05) is 16.8 Å². The molecule has 1 fully saturated rings. The SMILES string of the molecule is CC(=O)c1cccc(NC(=O)c2cccc(C3OC(CSc4ccccc4N)C(c4ccccc4)C(c4ccc(CO)cc4)O3)c2)c1. The molecule has 4 N–H and O–H groups in total. The second-order valence-electron chi connectivity index (χ2n) is 11.5. The van der Waals surface area contributed by atoms with E-state index >= 15 is 0 Å². The number of anilines is 2. The summed E-state index contributed by atoms with van der Waals surface area (Å²) in [6.07, 6.45) is -1.46. The Morgan fingerprint density at radius 2 is 1.47 bits per heavy atom. The van der Waals surface area contributed by atoms with Gasteiger partial charge in [0.25, 0.3) is 5.91 Å². The van der Waals surface area contributed by atoms with Crippen LogP contribution in [0.3, 0.4) is 0 Å². The third-order valence-electron chi connectivity index (χ3n) is 8.24. The molecule has 0 aromatic heterocycles. The van der Waals surface area contributed by atoms with Crippen LogP contribution >= 0.6 is 11.8 Å². The molecule has 0 saturated carbocycles. The normalized spacial score (nSPS) is 19.2. The fourth-order valence-electron chi connectivity index (χ4n) is 5.78. The molecular formula is C39H36N2O5S. The van der Waals surface area contributed by atoms with Crippen molar-refractivity contribution in [3.63, 3.8) is 0 Å². The first kappa shape index (κ1) is 32.2. The van der Waals surface area contributed by atoms with Crippen molar-refractivity contribution in [2.45, 2.75) is 42.8 Å². The van der Waals surface area contributed by atoms with Crippen LogP contribution in [0.15, 0.2) is 132 Å². The molecule has 1 saturated heterocycles. The lowest BCUT2D eigenvalue weighted by molar-refractivity contribution is -0.255. The van der Waals surface area contributed by atoms with E-state index in [2.05, 4.69) is 17.4 Å². The van der Waals surface area contributed by atoms with Gasteiger partial charge in [-0.05, 0) is 60.0 Å². The van der Waals surface area contributed by atoms with E-state index in [-0.39, 0.29) is 30.3 Å². The number of nitrogen functional groups attached to an aromatic ring is 1. The van der Waals surface area contributed by atoms with Crippen LogP contribution in [0.25, 0.3) is 0 Å². The monoisotopic (exact) mass is 644 g/mol. The molecule has 0 radical (unpaired) electrons. The van der Waals surface area contributed by atoms with Crippen molar-refractivity contribution in [3.05, 3.63) is 161 Å². The van der Waals surface area contributed by atoms with Crippen LogP contribution in [0.5, 0.6) is 0 Å². The van der Waals surface area contributed by atoms with Crippen LogP contribution in [0, 0.1) is 0 Å². The topological polar surface area (TPSA) is 111 Å². The van der Waals surface area contributed by atoms with Crippen LogP contribution in [-0.2, 0) is 16.1 Å². The van der Waals surface area contributed by atoms with E-state index in [9.17, 15) is 14.7 Å². The highest BCUT2D eigenvalue weighted by Gasteiger charge is 2.42. The molecule has 238 valence electrons. The van der Waals surface area contributed by atoms with E-state index in [1.165, 1.54) is 6.92 Å². The van der Waals surface area contributed by atoms with Gasteiger partial charge in [-0.25, -0.2) is 0 Å². The number of nitrogens with one attached hydrogen (secondary N) is 1. The number of hydrogen-bond acceptors (Lipinski definition) is 7. The Balaban J connectivity index is 1.34. The van der Waals surface area contributed by atoms with Crippen LogP contribution in [0.4, 0.5) is 11.4 Å². The highest BCUT2D eigenvalue weighted by atomic mass is 32.2. The maximum Gasteiger partial charge on any atom is 0.255 e. The van der Waals surface area contributed by atoms with E-state index < -0.39 is 12.4 Å². The summed E-state index contributed by atoms with van der Waals surface area (Å²) in [5.74, 6) is 0.0517. The molecule has 5 aromatic rings. The van der Waals surface area contributed by atoms with Gasteiger partial charge < -0.3 is 25.6 Å². The number of aliphatic hydroxyl groups is 1. The van der Waals surface area contributed by atoms with Crippen molar-refractivity contribution in [1.82, 2.24) is 0 Å². The zero-order valence-corrected chi connectivity index (χ0v) is 26.7. The van der Waals surface area contributed by atoms with Crippen molar-refractivity contribution in [3.8, 4) is 0 Å². The Morgan fingerprint density at radius 3 is 2.21 bits per heavy atom. The minimum atomic E-state index is -0.773. The molecule has 6 rings (SSSR count). The number of nitrogens with two attached hydrogens (primary N) is 1. The Labute approximate surface area is 278 Å². The van der Waals surface area contributed by atoms with E-state index in [0.717, 1.165) is 21.6 Å². The third kappa shape index (κ3) is 7.64. The lowest BCUT2D eigenvalue weighted by atomic mass is 9.84. The van der Waals surface area contributed by atoms with Gasteiger partial charge in [-0.1, -0.05) is 91.0 Å². The van der Waals surface area contributed by atoms with Crippen molar-refractivity contribution >= 4 is 34.8 Å². The molecular weight excluding hydrogens is 609 g/mol. The van der Waals surface area contributed by atoms with E-state index in [0.29, 0.717) is 33.8 Å². The second kappa shape index (κ2) is 14.8. The van der Waals surface area contributed by atoms with Gasteiger partial charge in [0.05, 0.1) is 18.8 Å². The molecule has 8 heteroatoms. The molecule has 7 nitrogen and oxygen atoms in total. The number of para-hydroxylation sites is 1. The summed E-state index contributed by atoms with van der Waals surface area (Å²) in [4.78, 5) is 26.2. The minimum absolute atomic E-state index is 0.0503. The van der Waals surface area contributed by atoms with Crippen LogP contribution in [0.2, 0.25) is 0 Å². The van der Waals surface area contributed by atoms with Crippen molar-refractivity contribution in [1.29, 1.82) is 0 Å². The molecule has 0 spiro atoms. The quantitative estimate of drug-likeness (QED) is 0.0804. The lowest BCUT2D eigenvalue weighted by Crippen LogP contribution is -2.38. The summed E-state index contributed by atoms with van der Waals surface area (Å²) in [6.45, 7) is 1.44. The predicted octanol–water partition coefficient (Wildman–Crippen LogP) is 7.95. The van der Waals surface area contributed by atoms with E-state index in [1.807, 2.05) is 78.9 Å². The lowest BCUT2D eigenvalue weighted by Gasteiger charge is -2.43. The number of carbonyl (C=O) groups is 2. The van der Waals surface area contributed by atoms with E-state index in [4.69, 9.17) is 15.2 Å². The molecule has 4 unspecified atom stereocenters. The molecule has 1 amide bonds. The second-order valence-corrected chi connectivity index (χ2v) is 12.5. The van der Waals surface area contributed by atoms with Crippen molar-refractivity contribution < 1.29 is 24.2 Å². The fraction of sp³-hybridized carbons (Fsp3) is 0.179.